The number of benzene rings is 2. The third-order valence-corrected chi connectivity index (χ3v) is 6.87. The van der Waals surface area contributed by atoms with Gasteiger partial charge in [-0.3, -0.25) is 4.79 Å². The highest BCUT2D eigenvalue weighted by atomic mass is 32.2. The molecule has 1 atom stereocenters. The lowest BCUT2D eigenvalue weighted by Gasteiger charge is -2.26. The van der Waals surface area contributed by atoms with Crippen LogP contribution in [0.15, 0.2) is 59.8 Å². The van der Waals surface area contributed by atoms with Crippen molar-refractivity contribution in [1.82, 2.24) is 14.8 Å². The van der Waals surface area contributed by atoms with Crippen LogP contribution in [0.5, 0.6) is 0 Å². The van der Waals surface area contributed by atoms with Gasteiger partial charge in [-0.25, -0.2) is 0 Å². The summed E-state index contributed by atoms with van der Waals surface area (Å²) in [6.45, 7) is 4.05. The second-order valence-corrected chi connectivity index (χ2v) is 9.03. The maximum absolute atomic E-state index is 13.3. The van der Waals surface area contributed by atoms with Gasteiger partial charge in [0.05, 0.1) is 0 Å². The molecule has 1 aliphatic carbocycles. The smallest absolute Gasteiger partial charge is 0.242 e. The van der Waals surface area contributed by atoms with Gasteiger partial charge in [0, 0.05) is 11.7 Å². The van der Waals surface area contributed by atoms with E-state index in [1.54, 1.807) is 0 Å². The topological polar surface area (TPSA) is 59.8 Å². The van der Waals surface area contributed by atoms with Gasteiger partial charge in [0.2, 0.25) is 5.91 Å². The Morgan fingerprint density at radius 3 is 2.40 bits per heavy atom. The van der Waals surface area contributed by atoms with Gasteiger partial charge in [0.25, 0.3) is 0 Å². The Morgan fingerprint density at radius 1 is 1.00 bits per heavy atom. The minimum Gasteiger partial charge on any atom is -0.325 e. The van der Waals surface area contributed by atoms with E-state index >= 15 is 0 Å². The number of aryl methyl sites for hydroxylation is 2. The Bertz CT molecular complexity index is 978. The predicted octanol–water partition coefficient (Wildman–Crippen LogP) is 5.87. The molecule has 1 aliphatic rings. The highest BCUT2D eigenvalue weighted by Gasteiger charge is 2.28. The van der Waals surface area contributed by atoms with Gasteiger partial charge >= 0.3 is 0 Å². The Hall–Kier alpha value is -2.60. The average Bonchev–Trinajstić information content (AvgIpc) is 3.15. The van der Waals surface area contributed by atoms with Crippen molar-refractivity contribution >= 4 is 23.4 Å². The van der Waals surface area contributed by atoms with Crippen molar-refractivity contribution < 1.29 is 4.79 Å². The fourth-order valence-electron chi connectivity index (χ4n) is 4.04. The highest BCUT2D eigenvalue weighted by molar-refractivity contribution is 8.00. The van der Waals surface area contributed by atoms with Crippen LogP contribution in [-0.2, 0) is 4.79 Å². The Balaban J connectivity index is 1.61. The molecule has 0 saturated heterocycles. The molecule has 1 saturated carbocycles. The average molecular weight is 421 g/mol. The summed E-state index contributed by atoms with van der Waals surface area (Å²) in [4.78, 5) is 13.3. The molecule has 1 N–H and O–H groups in total. The van der Waals surface area contributed by atoms with Crippen LogP contribution >= 0.6 is 11.8 Å². The molecule has 0 unspecified atom stereocenters. The lowest BCUT2D eigenvalue weighted by atomic mass is 9.95. The van der Waals surface area contributed by atoms with E-state index in [-0.39, 0.29) is 5.91 Å². The zero-order valence-corrected chi connectivity index (χ0v) is 18.4. The summed E-state index contributed by atoms with van der Waals surface area (Å²) >= 11 is 1.49. The van der Waals surface area contributed by atoms with Crippen molar-refractivity contribution in [2.45, 2.75) is 62.4 Å². The number of rotatable bonds is 6. The molecule has 156 valence electrons. The van der Waals surface area contributed by atoms with Gasteiger partial charge in [-0.05, 0) is 44.4 Å². The lowest BCUT2D eigenvalue weighted by Crippen LogP contribution is -2.20. The van der Waals surface area contributed by atoms with Gasteiger partial charge in [0.1, 0.15) is 11.1 Å². The third kappa shape index (κ3) is 4.75. The highest BCUT2D eigenvalue weighted by Crippen LogP contribution is 2.39. The second kappa shape index (κ2) is 9.47. The molecule has 1 heterocycles. The summed E-state index contributed by atoms with van der Waals surface area (Å²) in [7, 11) is 0. The van der Waals surface area contributed by atoms with E-state index in [0.717, 1.165) is 40.6 Å². The van der Waals surface area contributed by atoms with E-state index in [1.165, 1.54) is 31.0 Å². The molecule has 0 bridgehead atoms. The van der Waals surface area contributed by atoms with Gasteiger partial charge in [-0.2, -0.15) is 0 Å². The number of hydrogen-bond donors (Lipinski definition) is 1. The van der Waals surface area contributed by atoms with Crippen LogP contribution in [0.2, 0.25) is 0 Å². The lowest BCUT2D eigenvalue weighted by molar-refractivity contribution is -0.115. The van der Waals surface area contributed by atoms with Crippen molar-refractivity contribution in [3.8, 4) is 0 Å². The molecule has 1 amide bonds. The zero-order chi connectivity index (χ0) is 20.9. The Labute approximate surface area is 182 Å². The standard InChI is InChI=1S/C24H28N4OS/c1-17-13-15-20(16-14-17)25-23(29)22(19-9-5-3-6-10-19)30-24-27-26-18(2)28(24)21-11-7-4-8-12-21/h3,5-6,9-10,13-16,21-22H,4,7-8,11-12H2,1-2H3,(H,25,29)/t22-/m0/s1. The van der Waals surface area contributed by atoms with Crippen LogP contribution in [0, 0.1) is 13.8 Å². The summed E-state index contributed by atoms with van der Waals surface area (Å²) in [5.74, 6) is 0.876. The van der Waals surface area contributed by atoms with Crippen molar-refractivity contribution in [2.75, 3.05) is 5.32 Å². The van der Waals surface area contributed by atoms with E-state index in [1.807, 2.05) is 68.4 Å². The largest absolute Gasteiger partial charge is 0.325 e. The molecule has 0 aliphatic heterocycles. The fraction of sp³-hybridized carbons (Fsp3) is 0.375. The molecule has 6 heteroatoms. The monoisotopic (exact) mass is 420 g/mol. The van der Waals surface area contributed by atoms with Crippen LogP contribution in [-0.4, -0.2) is 20.7 Å². The molecule has 0 spiro atoms. The Morgan fingerprint density at radius 2 is 1.70 bits per heavy atom. The molecule has 1 aromatic heterocycles. The van der Waals surface area contributed by atoms with Crippen LogP contribution in [0.1, 0.15) is 60.3 Å². The van der Waals surface area contributed by atoms with Gasteiger partial charge < -0.3 is 9.88 Å². The first-order valence-electron chi connectivity index (χ1n) is 10.6. The van der Waals surface area contributed by atoms with Crippen molar-refractivity contribution in [3.63, 3.8) is 0 Å². The molecule has 4 rings (SSSR count). The number of carbonyl (C=O) groups excluding carboxylic acids is 1. The van der Waals surface area contributed by atoms with Gasteiger partial charge in [-0.1, -0.05) is 79.1 Å². The SMILES string of the molecule is Cc1ccc(NC(=O)[C@@H](Sc2nnc(C)n2C2CCCCC2)c2ccccc2)cc1. The first-order valence-corrected chi connectivity index (χ1v) is 11.5. The summed E-state index contributed by atoms with van der Waals surface area (Å²) in [5, 5.41) is 12.3. The molecular weight excluding hydrogens is 392 g/mol. The fourth-order valence-corrected chi connectivity index (χ4v) is 5.19. The summed E-state index contributed by atoms with van der Waals surface area (Å²) in [6.07, 6.45) is 6.08. The van der Waals surface area contributed by atoms with E-state index in [0.29, 0.717) is 6.04 Å². The van der Waals surface area contributed by atoms with E-state index in [4.69, 9.17) is 0 Å². The maximum atomic E-state index is 13.3. The molecule has 3 aromatic rings. The molecular formula is C24H28N4OS. The van der Waals surface area contributed by atoms with E-state index in [9.17, 15) is 4.79 Å². The number of carbonyl (C=O) groups is 1. The van der Waals surface area contributed by atoms with Crippen molar-refractivity contribution in [1.29, 1.82) is 0 Å². The number of nitrogens with one attached hydrogen (secondary N) is 1. The first kappa shape index (κ1) is 20.7. The molecule has 2 aromatic carbocycles. The summed E-state index contributed by atoms with van der Waals surface area (Å²) < 4.78 is 2.25. The molecule has 5 nitrogen and oxygen atoms in total. The number of aromatic nitrogens is 3. The van der Waals surface area contributed by atoms with Crippen molar-refractivity contribution in [2.24, 2.45) is 0 Å². The quantitative estimate of drug-likeness (QED) is 0.507. The minimum absolute atomic E-state index is 0.0501. The normalized spacial score (nSPS) is 15.7. The zero-order valence-electron chi connectivity index (χ0n) is 17.5. The van der Waals surface area contributed by atoms with Crippen LogP contribution < -0.4 is 5.32 Å². The minimum atomic E-state index is -0.404. The summed E-state index contributed by atoms with van der Waals surface area (Å²) in [6, 6.07) is 18.2. The molecule has 0 radical (unpaired) electrons. The number of amides is 1. The maximum Gasteiger partial charge on any atom is 0.242 e. The van der Waals surface area contributed by atoms with Crippen LogP contribution in [0.25, 0.3) is 0 Å². The Kier molecular flexibility index (Phi) is 6.53. The molecule has 30 heavy (non-hydrogen) atoms. The number of thioether (sulfide) groups is 1. The number of hydrogen-bond acceptors (Lipinski definition) is 4. The van der Waals surface area contributed by atoms with Gasteiger partial charge in [-0.15, -0.1) is 10.2 Å². The van der Waals surface area contributed by atoms with E-state index < -0.39 is 5.25 Å². The number of nitrogens with zero attached hydrogens (tertiary/aromatic N) is 3. The van der Waals surface area contributed by atoms with Crippen LogP contribution in [0.3, 0.4) is 0 Å². The first-order chi connectivity index (χ1) is 14.6. The predicted molar refractivity (Wildman–Crippen MR) is 122 cm³/mol. The molecule has 1 fully saturated rings. The summed E-state index contributed by atoms with van der Waals surface area (Å²) in [5.41, 5.74) is 2.93. The van der Waals surface area contributed by atoms with Gasteiger partial charge in [0.15, 0.2) is 5.16 Å². The van der Waals surface area contributed by atoms with Crippen molar-refractivity contribution in [3.05, 3.63) is 71.5 Å². The second-order valence-electron chi connectivity index (χ2n) is 7.96. The third-order valence-electron chi connectivity index (χ3n) is 5.66. The number of anilines is 1. The van der Waals surface area contributed by atoms with Crippen LogP contribution in [0.4, 0.5) is 5.69 Å². The van der Waals surface area contributed by atoms with E-state index in [2.05, 4.69) is 20.1 Å².